The predicted molar refractivity (Wildman–Crippen MR) is 44.7 cm³/mol. The fourth-order valence-electron chi connectivity index (χ4n) is 1.32. The number of nitrogens with one attached hydrogen (secondary N) is 1. The Balaban J connectivity index is 2.74. The summed E-state index contributed by atoms with van der Waals surface area (Å²) in [6.07, 6.45) is 4.36. The molecule has 0 aromatic rings. The third-order valence-corrected chi connectivity index (χ3v) is 1.84. The van der Waals surface area contributed by atoms with Crippen LogP contribution in [0.2, 0.25) is 0 Å². The topological polar surface area (TPSA) is 12.0 Å². The molecule has 1 N–H and O–H groups in total. The Bertz CT molecular complexity index is 175. The highest BCUT2D eigenvalue weighted by Crippen LogP contribution is 2.19. The van der Waals surface area contributed by atoms with Gasteiger partial charge in [0, 0.05) is 6.54 Å². The zero-order valence-corrected chi connectivity index (χ0v) is 6.94. The summed E-state index contributed by atoms with van der Waals surface area (Å²) >= 11 is 0. The summed E-state index contributed by atoms with van der Waals surface area (Å²) < 4.78 is 0. The SMILES string of the molecule is CC1=CNCC=C1C(C)C. The van der Waals surface area contributed by atoms with Crippen LogP contribution in [0.5, 0.6) is 0 Å². The van der Waals surface area contributed by atoms with E-state index in [4.69, 9.17) is 0 Å². The van der Waals surface area contributed by atoms with Crippen molar-refractivity contribution >= 4 is 0 Å². The van der Waals surface area contributed by atoms with Crippen LogP contribution in [-0.2, 0) is 0 Å². The van der Waals surface area contributed by atoms with E-state index in [1.54, 1.807) is 0 Å². The van der Waals surface area contributed by atoms with E-state index in [1.165, 1.54) is 11.1 Å². The van der Waals surface area contributed by atoms with Crippen LogP contribution in [0.4, 0.5) is 0 Å². The molecule has 0 bridgehead atoms. The Morgan fingerprint density at radius 3 is 2.60 bits per heavy atom. The van der Waals surface area contributed by atoms with Gasteiger partial charge in [0.1, 0.15) is 0 Å². The monoisotopic (exact) mass is 137 g/mol. The van der Waals surface area contributed by atoms with Crippen molar-refractivity contribution in [2.75, 3.05) is 6.54 Å². The molecule has 0 saturated heterocycles. The molecule has 56 valence electrons. The van der Waals surface area contributed by atoms with Crippen LogP contribution in [0, 0.1) is 5.92 Å². The first kappa shape index (κ1) is 7.39. The van der Waals surface area contributed by atoms with Crippen LogP contribution < -0.4 is 5.32 Å². The van der Waals surface area contributed by atoms with E-state index in [0.717, 1.165) is 6.54 Å². The summed E-state index contributed by atoms with van der Waals surface area (Å²) in [5.74, 6) is 0.665. The normalized spacial score (nSPS) is 18.0. The molecule has 0 atom stereocenters. The molecule has 10 heavy (non-hydrogen) atoms. The molecular formula is C9H15N. The minimum absolute atomic E-state index is 0.665. The number of hydrogen-bond donors (Lipinski definition) is 1. The summed E-state index contributed by atoms with van der Waals surface area (Å²) in [6.45, 7) is 7.60. The predicted octanol–water partition coefficient (Wildman–Crippen LogP) is 2.08. The van der Waals surface area contributed by atoms with Crippen molar-refractivity contribution in [1.29, 1.82) is 0 Å². The lowest BCUT2D eigenvalue weighted by atomic mass is 9.95. The first-order valence-corrected chi connectivity index (χ1v) is 3.82. The first-order chi connectivity index (χ1) is 4.72. The molecule has 0 aromatic heterocycles. The van der Waals surface area contributed by atoms with Gasteiger partial charge in [-0.2, -0.15) is 0 Å². The van der Waals surface area contributed by atoms with Crippen LogP contribution in [-0.4, -0.2) is 6.54 Å². The van der Waals surface area contributed by atoms with Gasteiger partial charge in [-0.25, -0.2) is 0 Å². The second-order valence-corrected chi connectivity index (χ2v) is 3.05. The number of hydrogen-bond acceptors (Lipinski definition) is 1. The van der Waals surface area contributed by atoms with Crippen molar-refractivity contribution in [2.24, 2.45) is 5.92 Å². The Morgan fingerprint density at radius 2 is 2.20 bits per heavy atom. The van der Waals surface area contributed by atoms with E-state index >= 15 is 0 Å². The van der Waals surface area contributed by atoms with Crippen LogP contribution in [0.25, 0.3) is 0 Å². The fraction of sp³-hybridized carbons (Fsp3) is 0.556. The van der Waals surface area contributed by atoms with E-state index in [0.29, 0.717) is 5.92 Å². The molecule has 0 aromatic carbocycles. The molecule has 0 radical (unpaired) electrons. The highest BCUT2D eigenvalue weighted by molar-refractivity contribution is 5.32. The van der Waals surface area contributed by atoms with Gasteiger partial charge in [-0.15, -0.1) is 0 Å². The van der Waals surface area contributed by atoms with Gasteiger partial charge < -0.3 is 5.32 Å². The van der Waals surface area contributed by atoms with Crippen molar-refractivity contribution < 1.29 is 0 Å². The van der Waals surface area contributed by atoms with Crippen LogP contribution in [0.1, 0.15) is 20.8 Å². The lowest BCUT2D eigenvalue weighted by Crippen LogP contribution is -2.13. The van der Waals surface area contributed by atoms with Gasteiger partial charge in [-0.05, 0) is 30.2 Å². The molecule has 0 amide bonds. The maximum absolute atomic E-state index is 3.18. The minimum atomic E-state index is 0.665. The zero-order chi connectivity index (χ0) is 7.56. The van der Waals surface area contributed by atoms with Gasteiger partial charge in [0.25, 0.3) is 0 Å². The molecule has 0 saturated carbocycles. The molecule has 0 spiro atoms. The third kappa shape index (κ3) is 1.41. The maximum Gasteiger partial charge on any atom is 0.0331 e. The highest BCUT2D eigenvalue weighted by Gasteiger charge is 2.06. The molecule has 1 rings (SSSR count). The Morgan fingerprint density at radius 1 is 1.50 bits per heavy atom. The van der Waals surface area contributed by atoms with Crippen LogP contribution in [0.15, 0.2) is 23.4 Å². The largest absolute Gasteiger partial charge is 0.387 e. The van der Waals surface area contributed by atoms with Crippen LogP contribution in [0.3, 0.4) is 0 Å². The molecule has 1 aliphatic heterocycles. The van der Waals surface area contributed by atoms with E-state index < -0.39 is 0 Å². The third-order valence-electron chi connectivity index (χ3n) is 1.84. The molecule has 1 aliphatic rings. The standard InChI is InChI=1S/C9H15N/c1-7(2)9-4-5-10-6-8(9)3/h4,6-7,10H,5H2,1-3H3. The van der Waals surface area contributed by atoms with E-state index in [1.807, 2.05) is 0 Å². The first-order valence-electron chi connectivity index (χ1n) is 3.82. The fourth-order valence-corrected chi connectivity index (χ4v) is 1.32. The van der Waals surface area contributed by atoms with Gasteiger partial charge >= 0.3 is 0 Å². The molecular weight excluding hydrogens is 122 g/mol. The van der Waals surface area contributed by atoms with E-state index in [-0.39, 0.29) is 0 Å². The molecule has 0 unspecified atom stereocenters. The average Bonchev–Trinajstić information content (AvgIpc) is 1.88. The Labute approximate surface area is 62.8 Å². The van der Waals surface area contributed by atoms with Crippen molar-refractivity contribution in [3.63, 3.8) is 0 Å². The summed E-state index contributed by atoms with van der Waals surface area (Å²) in [4.78, 5) is 0. The second-order valence-electron chi connectivity index (χ2n) is 3.05. The average molecular weight is 137 g/mol. The van der Waals surface area contributed by atoms with Gasteiger partial charge in [0.05, 0.1) is 0 Å². The summed E-state index contributed by atoms with van der Waals surface area (Å²) in [5.41, 5.74) is 2.86. The Hall–Kier alpha value is -0.720. The van der Waals surface area contributed by atoms with Gasteiger partial charge in [0.15, 0.2) is 0 Å². The lowest BCUT2D eigenvalue weighted by molar-refractivity contribution is 0.752. The summed E-state index contributed by atoms with van der Waals surface area (Å²) in [6, 6.07) is 0. The van der Waals surface area contributed by atoms with Crippen molar-refractivity contribution in [3.8, 4) is 0 Å². The Kier molecular flexibility index (Phi) is 2.15. The number of dihydropyridines is 1. The van der Waals surface area contributed by atoms with Gasteiger partial charge in [-0.3, -0.25) is 0 Å². The highest BCUT2D eigenvalue weighted by atomic mass is 14.8. The molecule has 1 heterocycles. The van der Waals surface area contributed by atoms with Crippen LogP contribution >= 0.6 is 0 Å². The van der Waals surface area contributed by atoms with Crippen molar-refractivity contribution in [2.45, 2.75) is 20.8 Å². The number of rotatable bonds is 1. The van der Waals surface area contributed by atoms with Crippen molar-refractivity contribution in [3.05, 3.63) is 23.4 Å². The van der Waals surface area contributed by atoms with E-state index in [9.17, 15) is 0 Å². The van der Waals surface area contributed by atoms with Gasteiger partial charge in [-0.1, -0.05) is 19.9 Å². The second kappa shape index (κ2) is 2.91. The van der Waals surface area contributed by atoms with E-state index in [2.05, 4.69) is 38.4 Å². The quantitative estimate of drug-likeness (QED) is 0.583. The molecule has 0 aliphatic carbocycles. The zero-order valence-electron chi connectivity index (χ0n) is 6.94. The minimum Gasteiger partial charge on any atom is -0.387 e. The molecule has 1 nitrogen and oxygen atoms in total. The summed E-state index contributed by atoms with van der Waals surface area (Å²) in [7, 11) is 0. The molecule has 0 fully saturated rings. The van der Waals surface area contributed by atoms with Crippen molar-refractivity contribution in [1.82, 2.24) is 5.32 Å². The summed E-state index contributed by atoms with van der Waals surface area (Å²) in [5, 5.41) is 3.18. The lowest BCUT2D eigenvalue weighted by Gasteiger charge is -2.16. The molecule has 1 heteroatoms. The number of allylic oxidation sites excluding steroid dienone is 2. The van der Waals surface area contributed by atoms with Gasteiger partial charge in [0.2, 0.25) is 0 Å². The maximum atomic E-state index is 3.18. The smallest absolute Gasteiger partial charge is 0.0331 e.